The van der Waals surface area contributed by atoms with Crippen LogP contribution in [0.4, 0.5) is 0 Å². The van der Waals surface area contributed by atoms with Gasteiger partial charge in [0.05, 0.1) is 37.4 Å². The number of nitrogens with one attached hydrogen (secondary N) is 2. The van der Waals surface area contributed by atoms with Crippen LogP contribution >= 0.6 is 0 Å². The Morgan fingerprint density at radius 2 is 1.49 bits per heavy atom. The standard InChI is InChI=1S/C25H48N6O14/c26-8-1-9(31-24(40)25(41)2-12(25)27)21(45-23-18(38)13(28)15(35)11(6-33)43-23)19(39)20(8)44-22-14(29)17(37)16(36)10(42-22)4-30-3-7(34)5-32/h7-23,30,32-39,41H,1-6,26-29H2,(H,31,40)/t7?,8-,9+,10+,11+,12?,13-,14+,15+,16+,17+,18+,19-,20?,21-,22+,23+,25?/m0/s1. The SMILES string of the molecule is NC1CC1(O)C(=O)N[C@@H]1C[C@H](N)C(O[C@H]2O[C@H](CNCC(O)CO)[C@@H](O)[C@H](O)[C@H]2N)[C@H](O)[C@H]1O[C@H]1O[C@H](CO)[C@@H](O)[C@H](N)[C@H]1O. The molecule has 0 aromatic rings. The van der Waals surface area contributed by atoms with Crippen LogP contribution in [0, 0.1) is 0 Å². The zero-order valence-electron chi connectivity index (χ0n) is 24.4. The van der Waals surface area contributed by atoms with Crippen LogP contribution in [0.3, 0.4) is 0 Å². The second-order valence-corrected chi connectivity index (χ2v) is 12.3. The smallest absolute Gasteiger partial charge is 0.253 e. The summed E-state index contributed by atoms with van der Waals surface area (Å²) in [6.45, 7) is -1.34. The number of aliphatic hydroxyl groups excluding tert-OH is 8. The quantitative estimate of drug-likeness (QED) is 0.0926. The Balaban J connectivity index is 1.52. The van der Waals surface area contributed by atoms with Crippen molar-refractivity contribution in [2.75, 3.05) is 26.3 Å². The molecule has 20 nitrogen and oxygen atoms in total. The van der Waals surface area contributed by atoms with E-state index in [1.165, 1.54) is 0 Å². The summed E-state index contributed by atoms with van der Waals surface area (Å²) in [6, 6.07) is -5.62. The van der Waals surface area contributed by atoms with Crippen LogP contribution in [0.5, 0.6) is 0 Å². The second kappa shape index (κ2) is 14.9. The molecule has 0 aromatic heterocycles. The Kier molecular flexibility index (Phi) is 12.1. The Labute approximate surface area is 258 Å². The van der Waals surface area contributed by atoms with Crippen LogP contribution in [0.2, 0.25) is 0 Å². The number of carbonyl (C=O) groups excluding carboxylic acids is 1. The van der Waals surface area contributed by atoms with Gasteiger partial charge in [-0.3, -0.25) is 4.79 Å². The van der Waals surface area contributed by atoms with Crippen LogP contribution in [-0.2, 0) is 23.7 Å². The first-order chi connectivity index (χ1) is 21.1. The van der Waals surface area contributed by atoms with E-state index >= 15 is 0 Å². The predicted octanol–water partition coefficient (Wildman–Crippen LogP) is -9.72. The molecule has 0 aromatic carbocycles. The molecule has 0 spiro atoms. The molecular weight excluding hydrogens is 608 g/mol. The van der Waals surface area contributed by atoms with E-state index in [0.29, 0.717) is 0 Å². The molecule has 1 amide bonds. The average molecular weight is 657 g/mol. The molecule has 4 unspecified atom stereocenters. The third kappa shape index (κ3) is 7.74. The minimum atomic E-state index is -1.85. The van der Waals surface area contributed by atoms with Crippen LogP contribution < -0.4 is 33.6 Å². The van der Waals surface area contributed by atoms with Crippen LogP contribution in [0.1, 0.15) is 12.8 Å². The molecule has 2 saturated carbocycles. The van der Waals surface area contributed by atoms with Gasteiger partial charge in [-0.25, -0.2) is 0 Å². The molecule has 0 radical (unpaired) electrons. The predicted molar refractivity (Wildman–Crippen MR) is 148 cm³/mol. The Morgan fingerprint density at radius 1 is 0.867 bits per heavy atom. The van der Waals surface area contributed by atoms with E-state index in [1.807, 2.05) is 0 Å². The van der Waals surface area contributed by atoms with Gasteiger partial charge in [0.1, 0.15) is 54.9 Å². The zero-order valence-corrected chi connectivity index (χ0v) is 24.4. The minimum absolute atomic E-state index is 0.00708. The van der Waals surface area contributed by atoms with E-state index in [1.54, 1.807) is 0 Å². The van der Waals surface area contributed by atoms with Gasteiger partial charge >= 0.3 is 0 Å². The van der Waals surface area contributed by atoms with Crippen molar-refractivity contribution in [3.8, 4) is 0 Å². The first-order valence-electron chi connectivity index (χ1n) is 14.8. The summed E-state index contributed by atoms with van der Waals surface area (Å²) in [7, 11) is 0. The third-order valence-electron chi connectivity index (χ3n) is 8.92. The van der Waals surface area contributed by atoms with E-state index in [0.717, 1.165) is 0 Å². The number of nitrogens with two attached hydrogens (primary N) is 4. The van der Waals surface area contributed by atoms with Crippen molar-refractivity contribution in [1.82, 2.24) is 10.6 Å². The Morgan fingerprint density at radius 3 is 2.09 bits per heavy atom. The highest BCUT2D eigenvalue weighted by molar-refractivity contribution is 5.89. The molecule has 262 valence electrons. The van der Waals surface area contributed by atoms with Crippen LogP contribution in [0.15, 0.2) is 0 Å². The lowest BCUT2D eigenvalue weighted by Gasteiger charge is -2.49. The molecule has 19 N–H and O–H groups in total. The summed E-state index contributed by atoms with van der Waals surface area (Å²) in [5, 5.41) is 97.5. The number of hydrogen-bond donors (Lipinski definition) is 15. The minimum Gasteiger partial charge on any atom is -0.394 e. The van der Waals surface area contributed by atoms with Crippen molar-refractivity contribution in [2.45, 2.75) is 122 Å². The van der Waals surface area contributed by atoms with E-state index < -0.39 is 129 Å². The van der Waals surface area contributed by atoms with Gasteiger partial charge in [0, 0.05) is 31.6 Å². The van der Waals surface area contributed by atoms with Crippen molar-refractivity contribution < 1.29 is 69.7 Å². The highest BCUT2D eigenvalue weighted by Crippen LogP contribution is 2.36. The molecule has 2 heterocycles. The molecule has 0 bridgehead atoms. The molecule has 45 heavy (non-hydrogen) atoms. The van der Waals surface area contributed by atoms with Gasteiger partial charge in [-0.1, -0.05) is 0 Å². The van der Waals surface area contributed by atoms with E-state index in [4.69, 9.17) is 47.0 Å². The maximum Gasteiger partial charge on any atom is 0.253 e. The largest absolute Gasteiger partial charge is 0.394 e. The molecule has 4 rings (SSSR count). The lowest BCUT2D eigenvalue weighted by molar-refractivity contribution is -0.320. The maximum absolute atomic E-state index is 12.9. The lowest BCUT2D eigenvalue weighted by atomic mass is 9.83. The summed E-state index contributed by atoms with van der Waals surface area (Å²) in [5.41, 5.74) is 22.2. The monoisotopic (exact) mass is 656 g/mol. The number of rotatable bonds is 12. The first-order valence-corrected chi connectivity index (χ1v) is 14.8. The van der Waals surface area contributed by atoms with E-state index in [2.05, 4.69) is 10.6 Å². The van der Waals surface area contributed by atoms with E-state index in [-0.39, 0.29) is 25.9 Å². The number of carbonyl (C=O) groups is 1. The number of amides is 1. The topological polar surface area (TPSA) is 364 Å². The molecule has 2 aliphatic heterocycles. The summed E-state index contributed by atoms with van der Waals surface area (Å²) >= 11 is 0. The number of hydrogen-bond acceptors (Lipinski definition) is 19. The van der Waals surface area contributed by atoms with Gasteiger partial charge in [0.15, 0.2) is 18.2 Å². The maximum atomic E-state index is 12.9. The van der Waals surface area contributed by atoms with Gasteiger partial charge in [-0.15, -0.1) is 0 Å². The van der Waals surface area contributed by atoms with Crippen molar-refractivity contribution in [1.29, 1.82) is 0 Å². The molecule has 20 heteroatoms. The van der Waals surface area contributed by atoms with Gasteiger partial charge < -0.3 is 98.5 Å². The average Bonchev–Trinajstić information content (AvgIpc) is 3.64. The van der Waals surface area contributed by atoms with Crippen molar-refractivity contribution in [2.24, 2.45) is 22.9 Å². The fraction of sp³-hybridized carbons (Fsp3) is 0.960. The van der Waals surface area contributed by atoms with E-state index in [9.17, 15) is 45.6 Å². The van der Waals surface area contributed by atoms with Gasteiger partial charge in [0.25, 0.3) is 5.91 Å². The van der Waals surface area contributed by atoms with Gasteiger partial charge in [-0.05, 0) is 6.42 Å². The number of ether oxygens (including phenoxy) is 4. The third-order valence-corrected chi connectivity index (χ3v) is 8.92. The van der Waals surface area contributed by atoms with Gasteiger partial charge in [0.2, 0.25) is 0 Å². The van der Waals surface area contributed by atoms with Crippen LogP contribution in [-0.4, -0.2) is 188 Å². The highest BCUT2D eigenvalue weighted by Gasteiger charge is 2.59. The second-order valence-electron chi connectivity index (χ2n) is 12.3. The molecule has 4 aliphatic rings. The summed E-state index contributed by atoms with van der Waals surface area (Å²) in [6.07, 6.45) is -17.3. The molecular formula is C25H48N6O14. The Bertz CT molecular complexity index is 991. The van der Waals surface area contributed by atoms with Crippen molar-refractivity contribution in [3.05, 3.63) is 0 Å². The lowest BCUT2D eigenvalue weighted by Crippen LogP contribution is -2.70. The Hall–Kier alpha value is -1.25. The van der Waals surface area contributed by atoms with Crippen LogP contribution in [0.25, 0.3) is 0 Å². The first kappa shape index (κ1) is 36.6. The molecule has 4 fully saturated rings. The summed E-state index contributed by atoms with van der Waals surface area (Å²) < 4.78 is 23.2. The molecule has 2 saturated heterocycles. The van der Waals surface area contributed by atoms with Gasteiger partial charge in [-0.2, -0.15) is 0 Å². The zero-order chi connectivity index (χ0) is 33.4. The summed E-state index contributed by atoms with van der Waals surface area (Å²) in [4.78, 5) is 12.9. The van der Waals surface area contributed by atoms with Crippen molar-refractivity contribution >= 4 is 5.91 Å². The van der Waals surface area contributed by atoms with Crippen molar-refractivity contribution in [3.63, 3.8) is 0 Å². The highest BCUT2D eigenvalue weighted by atomic mass is 16.7. The fourth-order valence-corrected chi connectivity index (χ4v) is 5.81. The summed E-state index contributed by atoms with van der Waals surface area (Å²) in [5.74, 6) is -0.853. The molecule has 18 atom stereocenters. The molecule has 2 aliphatic carbocycles. The normalized spacial score (nSPS) is 49.4. The fourth-order valence-electron chi connectivity index (χ4n) is 5.81. The number of aliphatic hydroxyl groups is 9.